The van der Waals surface area contributed by atoms with Gasteiger partial charge in [-0.15, -0.1) is 0 Å². The van der Waals surface area contributed by atoms with E-state index in [9.17, 15) is 13.2 Å². The van der Waals surface area contributed by atoms with Crippen LogP contribution in [0.1, 0.15) is 39.3 Å². The Labute approximate surface area is 233 Å². The van der Waals surface area contributed by atoms with Gasteiger partial charge in [-0.3, -0.25) is 0 Å². The van der Waals surface area contributed by atoms with Crippen molar-refractivity contribution in [3.8, 4) is 11.4 Å². The highest BCUT2D eigenvalue weighted by Gasteiger charge is 2.58. The monoisotopic (exact) mass is 569 g/mol. The number of benzene rings is 2. The van der Waals surface area contributed by atoms with Crippen LogP contribution >= 0.6 is 11.6 Å². The summed E-state index contributed by atoms with van der Waals surface area (Å²) in [6.45, 7) is 7.59. The molecule has 2 amide bonds. The van der Waals surface area contributed by atoms with Crippen LogP contribution in [-0.2, 0) is 19.3 Å². The smallest absolute Gasteiger partial charge is 0.319 e. The first-order valence-corrected chi connectivity index (χ1v) is 14.9. The Morgan fingerprint density at radius 3 is 2.41 bits per heavy atom. The lowest BCUT2D eigenvalue weighted by Gasteiger charge is -2.34. The van der Waals surface area contributed by atoms with Gasteiger partial charge in [0, 0.05) is 34.9 Å². The lowest BCUT2D eigenvalue weighted by molar-refractivity contribution is 0.0985. The molecule has 9 nitrogen and oxygen atoms in total. The minimum Gasteiger partial charge on any atom is -0.377 e. The molecule has 1 saturated heterocycles. The van der Waals surface area contributed by atoms with Gasteiger partial charge < -0.3 is 20.3 Å². The van der Waals surface area contributed by atoms with E-state index >= 15 is 0 Å². The Morgan fingerprint density at radius 2 is 1.79 bits per heavy atom. The van der Waals surface area contributed by atoms with Crippen LogP contribution in [0.25, 0.3) is 11.4 Å². The number of halogens is 1. The normalized spacial score (nSPS) is 18.6. The maximum Gasteiger partial charge on any atom is 0.319 e. The summed E-state index contributed by atoms with van der Waals surface area (Å²) in [5.74, 6) is 1.10. The molecule has 1 saturated carbocycles. The zero-order chi connectivity index (χ0) is 27.8. The predicted molar refractivity (Wildman–Crippen MR) is 152 cm³/mol. The maximum atomic E-state index is 13.9. The molecule has 2 N–H and O–H groups in total. The fraction of sp³-hybridized carbons (Fsp3) is 0.393. The molecule has 5 rings (SSSR count). The number of carbonyl (C=O) groups excluding carboxylic acids is 1. The van der Waals surface area contributed by atoms with E-state index in [1.165, 1.54) is 0 Å². The van der Waals surface area contributed by atoms with E-state index in [4.69, 9.17) is 26.3 Å². The fourth-order valence-electron chi connectivity index (χ4n) is 4.76. The molecule has 2 fully saturated rings. The second-order valence-electron chi connectivity index (χ2n) is 10.3. The summed E-state index contributed by atoms with van der Waals surface area (Å²) in [7, 11) is -3.73. The van der Waals surface area contributed by atoms with Gasteiger partial charge in [0.05, 0.1) is 29.8 Å². The van der Waals surface area contributed by atoms with E-state index in [0.717, 1.165) is 0 Å². The number of urea groups is 1. The molecule has 11 heteroatoms. The second-order valence-corrected chi connectivity index (χ2v) is 13.0. The Hall–Kier alpha value is -3.21. The highest BCUT2D eigenvalue weighted by molar-refractivity contribution is 7.92. The zero-order valence-corrected chi connectivity index (χ0v) is 23.7. The lowest BCUT2D eigenvalue weighted by atomic mass is 10.1. The van der Waals surface area contributed by atoms with E-state index < -0.39 is 14.6 Å². The van der Waals surface area contributed by atoms with Gasteiger partial charge >= 0.3 is 6.03 Å². The van der Waals surface area contributed by atoms with Crippen molar-refractivity contribution in [1.29, 1.82) is 0 Å². The molecule has 1 aromatic heterocycles. The molecule has 0 radical (unpaired) electrons. The molecule has 3 aromatic rings. The summed E-state index contributed by atoms with van der Waals surface area (Å²) in [5.41, 5.74) is 1.82. The number of aromatic nitrogens is 2. The standard InChI is InChI=1S/C28H32ClN5O4S/c1-18(2)30-27(35)31-22-8-4-20(5-9-22)26-32-24(16-25(33-26)34-14-15-38-17-19(34)3)28(12-13-28)39(36,37)23-10-6-21(29)7-11-23/h4-11,16,18-19H,12-15,17H2,1-3H3,(H2,30,31,35)/t19-/m0/s1. The van der Waals surface area contributed by atoms with E-state index in [1.54, 1.807) is 36.4 Å². The molecule has 1 aliphatic carbocycles. The van der Waals surface area contributed by atoms with Crippen molar-refractivity contribution in [3.63, 3.8) is 0 Å². The van der Waals surface area contributed by atoms with Gasteiger partial charge in [0.2, 0.25) is 0 Å². The molecule has 1 aliphatic heterocycles. The molecule has 39 heavy (non-hydrogen) atoms. The van der Waals surface area contributed by atoms with E-state index in [0.29, 0.717) is 66.2 Å². The molecule has 2 aromatic carbocycles. The summed E-state index contributed by atoms with van der Waals surface area (Å²) < 4.78 is 32.2. The summed E-state index contributed by atoms with van der Waals surface area (Å²) in [4.78, 5) is 24.1. The Bertz CT molecular complexity index is 1460. The number of morpholine rings is 1. The van der Waals surface area contributed by atoms with Crippen molar-refractivity contribution in [2.75, 3.05) is 30.0 Å². The predicted octanol–water partition coefficient (Wildman–Crippen LogP) is 5.02. The molecular formula is C28H32ClN5O4S. The number of hydrogen-bond donors (Lipinski definition) is 2. The van der Waals surface area contributed by atoms with E-state index in [1.807, 2.05) is 32.0 Å². The van der Waals surface area contributed by atoms with Crippen LogP contribution in [0, 0.1) is 0 Å². The topological polar surface area (TPSA) is 114 Å². The SMILES string of the molecule is CC(C)NC(=O)Nc1ccc(-c2nc(N3CCOC[C@@H]3C)cc(C3(S(=O)(=O)c4ccc(Cl)cc4)CC3)n2)cc1. The van der Waals surface area contributed by atoms with Crippen LogP contribution in [-0.4, -0.2) is 56.3 Å². The van der Waals surface area contributed by atoms with Gasteiger partial charge in [-0.25, -0.2) is 23.2 Å². The van der Waals surface area contributed by atoms with E-state index in [-0.39, 0.29) is 23.0 Å². The number of anilines is 2. The highest BCUT2D eigenvalue weighted by Crippen LogP contribution is 2.55. The van der Waals surface area contributed by atoms with Crippen LogP contribution in [0.2, 0.25) is 5.02 Å². The maximum absolute atomic E-state index is 13.9. The molecule has 0 spiro atoms. The number of carbonyl (C=O) groups is 1. The van der Waals surface area contributed by atoms with Crippen molar-refractivity contribution >= 4 is 39.0 Å². The first-order chi connectivity index (χ1) is 18.6. The zero-order valence-electron chi connectivity index (χ0n) is 22.1. The summed E-state index contributed by atoms with van der Waals surface area (Å²) in [6.07, 6.45) is 0.945. The van der Waals surface area contributed by atoms with Crippen molar-refractivity contribution in [1.82, 2.24) is 15.3 Å². The molecule has 0 bridgehead atoms. The van der Waals surface area contributed by atoms with Gasteiger partial charge in [0.1, 0.15) is 10.6 Å². The molecule has 1 atom stereocenters. The van der Waals surface area contributed by atoms with Gasteiger partial charge in [-0.05, 0) is 82.1 Å². The summed E-state index contributed by atoms with van der Waals surface area (Å²) in [6, 6.07) is 15.1. The number of hydrogen-bond acceptors (Lipinski definition) is 7. The first-order valence-electron chi connectivity index (χ1n) is 13.0. The lowest BCUT2D eigenvalue weighted by Crippen LogP contribution is -2.44. The number of rotatable bonds is 7. The van der Waals surface area contributed by atoms with E-state index in [2.05, 4.69) is 22.5 Å². The molecule has 0 unspecified atom stereocenters. The van der Waals surface area contributed by atoms with Crippen molar-refractivity contribution in [3.05, 3.63) is 65.3 Å². The number of sulfone groups is 1. The van der Waals surface area contributed by atoms with Crippen molar-refractivity contribution in [2.24, 2.45) is 0 Å². The molecule has 2 heterocycles. The molecular weight excluding hydrogens is 538 g/mol. The number of ether oxygens (including phenoxy) is 1. The third kappa shape index (κ3) is 5.59. The van der Waals surface area contributed by atoms with Crippen LogP contribution in [0.15, 0.2) is 59.5 Å². The van der Waals surface area contributed by atoms with Gasteiger partial charge in [-0.2, -0.15) is 0 Å². The van der Waals surface area contributed by atoms with Crippen LogP contribution in [0.5, 0.6) is 0 Å². The van der Waals surface area contributed by atoms with Crippen LogP contribution < -0.4 is 15.5 Å². The number of nitrogens with one attached hydrogen (secondary N) is 2. The van der Waals surface area contributed by atoms with Gasteiger partial charge in [-0.1, -0.05) is 11.6 Å². The van der Waals surface area contributed by atoms with Crippen molar-refractivity contribution < 1.29 is 17.9 Å². The quantitative estimate of drug-likeness (QED) is 0.411. The largest absolute Gasteiger partial charge is 0.377 e. The van der Waals surface area contributed by atoms with Crippen molar-refractivity contribution in [2.45, 2.75) is 55.3 Å². The van der Waals surface area contributed by atoms with Gasteiger partial charge in [0.25, 0.3) is 0 Å². The average Bonchev–Trinajstić information content (AvgIpc) is 3.72. The van der Waals surface area contributed by atoms with Crippen LogP contribution in [0.4, 0.5) is 16.3 Å². The molecule has 206 valence electrons. The Morgan fingerprint density at radius 1 is 1.10 bits per heavy atom. The first kappa shape index (κ1) is 27.4. The molecule has 2 aliphatic rings. The summed E-state index contributed by atoms with van der Waals surface area (Å²) >= 11 is 6.02. The number of amides is 2. The minimum absolute atomic E-state index is 0.0142. The third-order valence-corrected chi connectivity index (χ3v) is 9.80. The van der Waals surface area contributed by atoms with Gasteiger partial charge in [0.15, 0.2) is 15.7 Å². The Balaban J connectivity index is 1.54. The van der Waals surface area contributed by atoms with Crippen LogP contribution in [0.3, 0.4) is 0 Å². The highest BCUT2D eigenvalue weighted by atomic mass is 35.5. The third-order valence-electron chi connectivity index (χ3n) is 7.00. The minimum atomic E-state index is -3.73. The average molecular weight is 570 g/mol. The fourth-order valence-corrected chi connectivity index (χ4v) is 6.85. The summed E-state index contributed by atoms with van der Waals surface area (Å²) in [5, 5.41) is 6.08. The Kier molecular flexibility index (Phi) is 7.54. The second kappa shape index (κ2) is 10.7. The number of nitrogens with zero attached hydrogens (tertiary/aromatic N) is 3.